The van der Waals surface area contributed by atoms with Crippen LogP contribution in [-0.4, -0.2) is 16.7 Å². The molecule has 18 heavy (non-hydrogen) atoms. The summed E-state index contributed by atoms with van der Waals surface area (Å²) in [5.74, 6) is 0.996. The van der Waals surface area contributed by atoms with E-state index in [1.54, 1.807) is 6.92 Å². The molecule has 1 unspecified atom stereocenters. The van der Waals surface area contributed by atoms with E-state index in [9.17, 15) is 5.11 Å². The molecular formula is C14H15NO2S. The molecule has 1 aliphatic heterocycles. The SMILES string of the molecule is CC(O)c1nc(-c2ccc3c(c2)CCCO3)cs1. The van der Waals surface area contributed by atoms with E-state index in [4.69, 9.17) is 4.74 Å². The maximum atomic E-state index is 9.50. The molecule has 0 amide bonds. The first-order valence-electron chi connectivity index (χ1n) is 6.13. The second kappa shape index (κ2) is 4.71. The first-order valence-corrected chi connectivity index (χ1v) is 7.01. The molecule has 2 heterocycles. The van der Waals surface area contributed by atoms with Gasteiger partial charge in [-0.25, -0.2) is 4.98 Å². The van der Waals surface area contributed by atoms with Crippen LogP contribution in [0.5, 0.6) is 5.75 Å². The lowest BCUT2D eigenvalue weighted by molar-refractivity contribution is 0.199. The highest BCUT2D eigenvalue weighted by molar-refractivity contribution is 7.10. The van der Waals surface area contributed by atoms with Gasteiger partial charge in [0.2, 0.25) is 0 Å². The molecule has 2 aromatic rings. The largest absolute Gasteiger partial charge is 0.493 e. The van der Waals surface area contributed by atoms with E-state index in [-0.39, 0.29) is 0 Å². The number of thiazole rings is 1. The Morgan fingerprint density at radius 2 is 2.33 bits per heavy atom. The van der Waals surface area contributed by atoms with E-state index in [1.807, 2.05) is 17.5 Å². The first kappa shape index (κ1) is 11.7. The van der Waals surface area contributed by atoms with Gasteiger partial charge in [0, 0.05) is 10.9 Å². The van der Waals surface area contributed by atoms with Gasteiger partial charge in [-0.15, -0.1) is 11.3 Å². The molecule has 1 atom stereocenters. The quantitative estimate of drug-likeness (QED) is 0.902. The Morgan fingerprint density at radius 3 is 3.11 bits per heavy atom. The van der Waals surface area contributed by atoms with E-state index in [2.05, 4.69) is 11.1 Å². The lowest BCUT2D eigenvalue weighted by Crippen LogP contribution is -2.08. The van der Waals surface area contributed by atoms with Crippen molar-refractivity contribution in [3.63, 3.8) is 0 Å². The number of aliphatic hydroxyl groups is 1. The van der Waals surface area contributed by atoms with Crippen LogP contribution >= 0.6 is 11.3 Å². The zero-order valence-corrected chi connectivity index (χ0v) is 11.0. The Hall–Kier alpha value is -1.39. The van der Waals surface area contributed by atoms with Crippen LogP contribution in [0.3, 0.4) is 0 Å². The summed E-state index contributed by atoms with van der Waals surface area (Å²) in [6.45, 7) is 2.55. The fourth-order valence-electron chi connectivity index (χ4n) is 2.13. The fourth-order valence-corrected chi connectivity index (χ4v) is 2.90. The minimum absolute atomic E-state index is 0.496. The number of aromatic nitrogens is 1. The van der Waals surface area contributed by atoms with Crippen LogP contribution in [0.4, 0.5) is 0 Å². The van der Waals surface area contributed by atoms with Gasteiger partial charge in [-0.1, -0.05) is 0 Å². The molecule has 1 aromatic heterocycles. The van der Waals surface area contributed by atoms with Gasteiger partial charge in [-0.3, -0.25) is 0 Å². The van der Waals surface area contributed by atoms with Crippen molar-refractivity contribution < 1.29 is 9.84 Å². The third kappa shape index (κ3) is 2.13. The van der Waals surface area contributed by atoms with Crippen LogP contribution in [-0.2, 0) is 6.42 Å². The van der Waals surface area contributed by atoms with Crippen LogP contribution in [0.25, 0.3) is 11.3 Å². The van der Waals surface area contributed by atoms with E-state index in [1.165, 1.54) is 16.9 Å². The molecule has 3 nitrogen and oxygen atoms in total. The Balaban J connectivity index is 1.95. The molecule has 0 fully saturated rings. The number of benzene rings is 1. The highest BCUT2D eigenvalue weighted by Crippen LogP contribution is 2.31. The first-order chi connectivity index (χ1) is 8.74. The van der Waals surface area contributed by atoms with Crippen molar-refractivity contribution in [1.29, 1.82) is 0 Å². The molecule has 0 bridgehead atoms. The Bertz CT molecular complexity index is 563. The van der Waals surface area contributed by atoms with Crippen molar-refractivity contribution in [2.24, 2.45) is 0 Å². The van der Waals surface area contributed by atoms with Crippen LogP contribution in [0.15, 0.2) is 23.6 Å². The Labute approximate surface area is 110 Å². The number of aliphatic hydroxyl groups excluding tert-OH is 1. The minimum atomic E-state index is -0.496. The summed E-state index contributed by atoms with van der Waals surface area (Å²) in [7, 11) is 0. The Morgan fingerprint density at radius 1 is 1.44 bits per heavy atom. The number of hydrogen-bond donors (Lipinski definition) is 1. The zero-order chi connectivity index (χ0) is 12.5. The summed E-state index contributed by atoms with van der Waals surface area (Å²) in [6, 6.07) is 6.20. The monoisotopic (exact) mass is 261 g/mol. The van der Waals surface area contributed by atoms with E-state index < -0.39 is 6.10 Å². The summed E-state index contributed by atoms with van der Waals surface area (Å²) >= 11 is 1.50. The molecule has 0 saturated carbocycles. The number of nitrogens with zero attached hydrogens (tertiary/aromatic N) is 1. The van der Waals surface area contributed by atoms with Crippen LogP contribution < -0.4 is 4.74 Å². The molecule has 1 aromatic carbocycles. The fraction of sp³-hybridized carbons (Fsp3) is 0.357. The molecule has 1 N–H and O–H groups in total. The third-order valence-corrected chi connectivity index (χ3v) is 4.10. The van der Waals surface area contributed by atoms with Crippen molar-refractivity contribution in [2.45, 2.75) is 25.9 Å². The lowest BCUT2D eigenvalue weighted by atomic mass is 10.0. The zero-order valence-electron chi connectivity index (χ0n) is 10.2. The maximum absolute atomic E-state index is 9.50. The minimum Gasteiger partial charge on any atom is -0.493 e. The van der Waals surface area contributed by atoms with Gasteiger partial charge in [-0.05, 0) is 43.5 Å². The second-order valence-corrected chi connectivity index (χ2v) is 5.41. The molecule has 1 aliphatic rings. The van der Waals surface area contributed by atoms with Crippen molar-refractivity contribution in [2.75, 3.05) is 6.61 Å². The number of aryl methyl sites for hydroxylation is 1. The van der Waals surface area contributed by atoms with Gasteiger partial charge in [-0.2, -0.15) is 0 Å². The van der Waals surface area contributed by atoms with Crippen molar-refractivity contribution in [3.8, 4) is 17.0 Å². The molecule has 4 heteroatoms. The number of hydrogen-bond acceptors (Lipinski definition) is 4. The highest BCUT2D eigenvalue weighted by atomic mass is 32.1. The molecular weight excluding hydrogens is 246 g/mol. The third-order valence-electron chi connectivity index (χ3n) is 3.08. The van der Waals surface area contributed by atoms with Crippen LogP contribution in [0.1, 0.15) is 30.0 Å². The predicted molar refractivity (Wildman–Crippen MR) is 72.0 cm³/mol. The molecule has 94 valence electrons. The summed E-state index contributed by atoms with van der Waals surface area (Å²) in [4.78, 5) is 4.46. The van der Waals surface area contributed by atoms with Crippen LogP contribution in [0.2, 0.25) is 0 Å². The van der Waals surface area contributed by atoms with E-state index >= 15 is 0 Å². The van der Waals surface area contributed by atoms with Crippen LogP contribution in [0, 0.1) is 0 Å². The average Bonchev–Trinajstić information content (AvgIpc) is 2.88. The summed E-state index contributed by atoms with van der Waals surface area (Å²) in [5, 5.41) is 12.3. The lowest BCUT2D eigenvalue weighted by Gasteiger charge is -2.17. The molecule has 0 radical (unpaired) electrons. The van der Waals surface area contributed by atoms with Crippen molar-refractivity contribution in [1.82, 2.24) is 4.98 Å². The molecule has 3 rings (SSSR count). The van der Waals surface area contributed by atoms with Gasteiger partial charge in [0.25, 0.3) is 0 Å². The van der Waals surface area contributed by atoms with Gasteiger partial charge < -0.3 is 9.84 Å². The smallest absolute Gasteiger partial charge is 0.122 e. The maximum Gasteiger partial charge on any atom is 0.122 e. The Kier molecular flexibility index (Phi) is 3.06. The van der Waals surface area contributed by atoms with Gasteiger partial charge >= 0.3 is 0 Å². The highest BCUT2D eigenvalue weighted by Gasteiger charge is 2.13. The summed E-state index contributed by atoms with van der Waals surface area (Å²) in [6.07, 6.45) is 1.65. The number of ether oxygens (including phenoxy) is 1. The molecule has 0 saturated heterocycles. The predicted octanol–water partition coefficient (Wildman–Crippen LogP) is 3.19. The van der Waals surface area contributed by atoms with E-state index in [0.717, 1.165) is 41.5 Å². The average molecular weight is 261 g/mol. The second-order valence-electron chi connectivity index (χ2n) is 4.52. The van der Waals surface area contributed by atoms with E-state index in [0.29, 0.717) is 0 Å². The van der Waals surface area contributed by atoms with Gasteiger partial charge in [0.05, 0.1) is 12.3 Å². The summed E-state index contributed by atoms with van der Waals surface area (Å²) < 4.78 is 5.60. The standard InChI is InChI=1S/C14H15NO2S/c1-9(16)14-15-12(8-18-14)10-4-5-13-11(7-10)3-2-6-17-13/h4-5,7-9,16H,2-3,6H2,1H3. The van der Waals surface area contributed by atoms with Gasteiger partial charge in [0.15, 0.2) is 0 Å². The summed E-state index contributed by atoms with van der Waals surface area (Å²) in [5.41, 5.74) is 3.29. The normalized spacial score (nSPS) is 15.9. The topological polar surface area (TPSA) is 42.4 Å². The van der Waals surface area contributed by atoms with Crippen molar-refractivity contribution >= 4 is 11.3 Å². The van der Waals surface area contributed by atoms with Crippen molar-refractivity contribution in [3.05, 3.63) is 34.2 Å². The number of rotatable bonds is 2. The molecule has 0 aliphatic carbocycles. The molecule has 0 spiro atoms. The number of fused-ring (bicyclic) bond motifs is 1. The van der Waals surface area contributed by atoms with Gasteiger partial charge in [0.1, 0.15) is 16.9 Å².